The topological polar surface area (TPSA) is 32.3 Å². The summed E-state index contributed by atoms with van der Waals surface area (Å²) in [7, 11) is 0. The van der Waals surface area contributed by atoms with Gasteiger partial charge in [0.15, 0.2) is 0 Å². The van der Waals surface area contributed by atoms with Crippen molar-refractivity contribution < 1.29 is 5.11 Å². The van der Waals surface area contributed by atoms with Crippen molar-refractivity contribution in [3.63, 3.8) is 0 Å². The van der Waals surface area contributed by atoms with Crippen LogP contribution in [-0.2, 0) is 6.54 Å². The predicted molar refractivity (Wildman–Crippen MR) is 84.0 cm³/mol. The van der Waals surface area contributed by atoms with Crippen LogP contribution in [0, 0.1) is 13.8 Å². The van der Waals surface area contributed by atoms with Crippen LogP contribution in [0.1, 0.15) is 42.4 Å². The highest BCUT2D eigenvalue weighted by atomic mass is 32.2. The first-order chi connectivity index (χ1) is 9.11. The van der Waals surface area contributed by atoms with Crippen LogP contribution in [0.25, 0.3) is 0 Å². The average Bonchev–Trinajstić information content (AvgIpc) is 2.42. The summed E-state index contributed by atoms with van der Waals surface area (Å²) in [6, 6.07) is 4.82. The Labute approximate surface area is 121 Å². The van der Waals surface area contributed by atoms with E-state index < -0.39 is 0 Å². The molecular weight excluding hydrogens is 254 g/mol. The first kappa shape index (κ1) is 14.7. The van der Waals surface area contributed by atoms with Crippen LogP contribution in [0.5, 0.6) is 5.75 Å². The minimum atomic E-state index is 0.434. The number of rotatable bonds is 4. The van der Waals surface area contributed by atoms with Gasteiger partial charge in [0.1, 0.15) is 5.75 Å². The van der Waals surface area contributed by atoms with E-state index in [0.29, 0.717) is 11.8 Å². The second-order valence-corrected chi connectivity index (χ2v) is 6.70. The van der Waals surface area contributed by atoms with Gasteiger partial charge in [0.25, 0.3) is 0 Å². The maximum atomic E-state index is 9.80. The molecule has 19 heavy (non-hydrogen) atoms. The maximum absolute atomic E-state index is 9.80. The normalized spacial score (nSPS) is 23.5. The van der Waals surface area contributed by atoms with Gasteiger partial charge in [0.05, 0.1) is 0 Å². The number of hydrogen-bond donors (Lipinski definition) is 2. The summed E-state index contributed by atoms with van der Waals surface area (Å²) in [6.07, 6.45) is 7.58. The van der Waals surface area contributed by atoms with Gasteiger partial charge in [-0.2, -0.15) is 11.8 Å². The Morgan fingerprint density at radius 1 is 1.21 bits per heavy atom. The maximum Gasteiger partial charge on any atom is 0.121 e. The number of nitrogens with one attached hydrogen (secondary N) is 1. The molecule has 2 N–H and O–H groups in total. The standard InChI is InChI=1S/C16H25NOS/c1-11-8-13(9-12(2)16(11)18)10-17-14-6-4-5-7-15(14)19-3/h8-9,14-15,17-18H,4-7,10H2,1-3H3. The lowest BCUT2D eigenvalue weighted by Crippen LogP contribution is -2.39. The van der Waals surface area contributed by atoms with Gasteiger partial charge in [-0.25, -0.2) is 0 Å². The van der Waals surface area contributed by atoms with E-state index in [1.807, 2.05) is 25.6 Å². The summed E-state index contributed by atoms with van der Waals surface area (Å²) in [4.78, 5) is 0. The number of phenolic OH excluding ortho intramolecular Hbond substituents is 1. The third-order valence-corrected chi connectivity index (χ3v) is 5.29. The second-order valence-electron chi connectivity index (χ2n) is 5.62. The molecule has 2 rings (SSSR count). The largest absolute Gasteiger partial charge is 0.507 e. The summed E-state index contributed by atoms with van der Waals surface area (Å²) in [5.41, 5.74) is 3.22. The lowest BCUT2D eigenvalue weighted by Gasteiger charge is -2.31. The van der Waals surface area contributed by atoms with Gasteiger partial charge in [-0.1, -0.05) is 25.0 Å². The Kier molecular flexibility index (Phi) is 5.17. The SMILES string of the molecule is CSC1CCCCC1NCc1cc(C)c(O)c(C)c1. The third-order valence-electron chi connectivity index (χ3n) is 4.12. The zero-order chi connectivity index (χ0) is 13.8. The lowest BCUT2D eigenvalue weighted by molar-refractivity contribution is 0.383. The molecule has 0 radical (unpaired) electrons. The van der Waals surface area contributed by atoms with Crippen molar-refractivity contribution in [1.29, 1.82) is 0 Å². The molecule has 1 fully saturated rings. The molecule has 0 aliphatic heterocycles. The van der Waals surface area contributed by atoms with Crippen molar-refractivity contribution in [3.05, 3.63) is 28.8 Å². The Bertz CT molecular complexity index is 410. The minimum absolute atomic E-state index is 0.434. The zero-order valence-corrected chi connectivity index (χ0v) is 13.0. The number of phenols is 1. The lowest BCUT2D eigenvalue weighted by atomic mass is 9.94. The van der Waals surface area contributed by atoms with Crippen LogP contribution in [-0.4, -0.2) is 22.7 Å². The molecule has 0 saturated heterocycles. The molecule has 0 amide bonds. The molecule has 2 unspecified atom stereocenters. The van der Waals surface area contributed by atoms with Gasteiger partial charge in [-0.3, -0.25) is 0 Å². The predicted octanol–water partition coefficient (Wildman–Crippen LogP) is 3.77. The summed E-state index contributed by atoms with van der Waals surface area (Å²) in [5.74, 6) is 0.434. The number of thioether (sulfide) groups is 1. The molecule has 1 aromatic rings. The van der Waals surface area contributed by atoms with Crippen LogP contribution >= 0.6 is 11.8 Å². The first-order valence-corrected chi connectivity index (χ1v) is 8.46. The molecule has 1 aromatic carbocycles. The molecule has 0 spiro atoms. The fourth-order valence-corrected chi connectivity index (χ4v) is 3.97. The Balaban J connectivity index is 1.98. The van der Waals surface area contributed by atoms with Crippen molar-refractivity contribution in [1.82, 2.24) is 5.32 Å². The van der Waals surface area contributed by atoms with Crippen LogP contribution in [0.15, 0.2) is 12.1 Å². The van der Waals surface area contributed by atoms with E-state index in [4.69, 9.17) is 0 Å². The van der Waals surface area contributed by atoms with E-state index in [2.05, 4.69) is 23.7 Å². The smallest absolute Gasteiger partial charge is 0.121 e. The van der Waals surface area contributed by atoms with Crippen LogP contribution in [0.3, 0.4) is 0 Å². The van der Waals surface area contributed by atoms with Crippen molar-refractivity contribution in [2.24, 2.45) is 0 Å². The molecule has 0 aromatic heterocycles. The summed E-state index contributed by atoms with van der Waals surface area (Å²) >= 11 is 2.00. The van der Waals surface area contributed by atoms with E-state index in [0.717, 1.165) is 22.9 Å². The summed E-state index contributed by atoms with van der Waals surface area (Å²) < 4.78 is 0. The summed E-state index contributed by atoms with van der Waals surface area (Å²) in [6.45, 7) is 4.85. The number of aromatic hydroxyl groups is 1. The van der Waals surface area contributed by atoms with Gasteiger partial charge in [0, 0.05) is 17.8 Å². The van der Waals surface area contributed by atoms with E-state index >= 15 is 0 Å². The number of benzene rings is 1. The van der Waals surface area contributed by atoms with Gasteiger partial charge < -0.3 is 10.4 Å². The quantitative estimate of drug-likeness (QED) is 0.880. The van der Waals surface area contributed by atoms with Crippen molar-refractivity contribution in [2.75, 3.05) is 6.26 Å². The zero-order valence-electron chi connectivity index (χ0n) is 12.2. The van der Waals surface area contributed by atoms with Crippen molar-refractivity contribution in [2.45, 2.75) is 57.4 Å². The molecule has 1 aliphatic carbocycles. The summed E-state index contributed by atoms with van der Waals surface area (Å²) in [5, 5.41) is 14.3. The van der Waals surface area contributed by atoms with Crippen LogP contribution in [0.4, 0.5) is 0 Å². The van der Waals surface area contributed by atoms with Gasteiger partial charge in [-0.15, -0.1) is 0 Å². The number of aryl methyl sites for hydroxylation is 2. The van der Waals surface area contributed by atoms with Crippen molar-refractivity contribution >= 4 is 11.8 Å². The molecule has 0 heterocycles. The molecule has 106 valence electrons. The van der Waals surface area contributed by atoms with Crippen molar-refractivity contribution in [3.8, 4) is 5.75 Å². The van der Waals surface area contributed by atoms with Gasteiger partial charge in [0.2, 0.25) is 0 Å². The third kappa shape index (κ3) is 3.67. The van der Waals surface area contributed by atoms with Crippen LogP contribution < -0.4 is 5.32 Å². The molecule has 1 saturated carbocycles. The van der Waals surface area contributed by atoms with Gasteiger partial charge >= 0.3 is 0 Å². The second kappa shape index (κ2) is 6.67. The van der Waals surface area contributed by atoms with E-state index in [-0.39, 0.29) is 0 Å². The Morgan fingerprint density at radius 3 is 2.47 bits per heavy atom. The molecule has 2 atom stereocenters. The fourth-order valence-electron chi connectivity index (χ4n) is 3.01. The Hall–Kier alpha value is -0.670. The van der Waals surface area contributed by atoms with Crippen LogP contribution in [0.2, 0.25) is 0 Å². The van der Waals surface area contributed by atoms with E-state index in [9.17, 15) is 5.11 Å². The monoisotopic (exact) mass is 279 g/mol. The molecule has 2 nitrogen and oxygen atoms in total. The highest BCUT2D eigenvalue weighted by Gasteiger charge is 2.23. The fraction of sp³-hybridized carbons (Fsp3) is 0.625. The van der Waals surface area contributed by atoms with E-state index in [1.54, 1.807) is 0 Å². The molecule has 0 bridgehead atoms. The van der Waals surface area contributed by atoms with E-state index in [1.165, 1.54) is 31.2 Å². The van der Waals surface area contributed by atoms with Gasteiger partial charge in [-0.05, 0) is 49.6 Å². The first-order valence-electron chi connectivity index (χ1n) is 7.17. The molecular formula is C16H25NOS. The minimum Gasteiger partial charge on any atom is -0.507 e. The molecule has 3 heteroatoms. The highest BCUT2D eigenvalue weighted by Crippen LogP contribution is 2.28. The number of hydrogen-bond acceptors (Lipinski definition) is 3. The molecule has 1 aliphatic rings. The Morgan fingerprint density at radius 2 is 1.84 bits per heavy atom. The average molecular weight is 279 g/mol. The highest BCUT2D eigenvalue weighted by molar-refractivity contribution is 7.99.